The first-order valence-corrected chi connectivity index (χ1v) is 10.4. The molecule has 3 rings (SSSR count). The standard InChI is InChI=1S/C23H30ClN3O/c1-17(18(2)23(28)25-16-19-8-10-20(24)11-9-19)21-6-4-5-7-22(21)27-14-12-26(3)13-15-27/h4-11,17-18H,12-16H2,1-3H3,(H,25,28). The molecule has 0 saturated carbocycles. The third kappa shape index (κ3) is 5.06. The van der Waals surface area contributed by atoms with Gasteiger partial charge >= 0.3 is 0 Å². The monoisotopic (exact) mass is 399 g/mol. The first kappa shape index (κ1) is 20.7. The first-order chi connectivity index (χ1) is 13.5. The van der Waals surface area contributed by atoms with Gasteiger partial charge in [0.2, 0.25) is 5.91 Å². The van der Waals surface area contributed by atoms with Crippen molar-refractivity contribution in [2.24, 2.45) is 5.92 Å². The SMILES string of the molecule is CC(C(=O)NCc1ccc(Cl)cc1)C(C)c1ccccc1N1CCN(C)CC1. The van der Waals surface area contributed by atoms with Crippen LogP contribution >= 0.6 is 11.6 Å². The van der Waals surface area contributed by atoms with Crippen molar-refractivity contribution in [1.29, 1.82) is 0 Å². The fourth-order valence-electron chi connectivity index (χ4n) is 3.66. The number of hydrogen-bond acceptors (Lipinski definition) is 3. The number of nitrogens with one attached hydrogen (secondary N) is 1. The minimum atomic E-state index is -0.110. The number of nitrogens with zero attached hydrogens (tertiary/aromatic N) is 2. The van der Waals surface area contributed by atoms with Crippen molar-refractivity contribution in [3.8, 4) is 0 Å². The lowest BCUT2D eigenvalue weighted by Gasteiger charge is -2.36. The number of benzene rings is 2. The van der Waals surface area contributed by atoms with Crippen LogP contribution in [-0.4, -0.2) is 44.0 Å². The quantitative estimate of drug-likeness (QED) is 0.792. The molecule has 2 aromatic rings. The van der Waals surface area contributed by atoms with Crippen LogP contribution in [0, 0.1) is 5.92 Å². The van der Waals surface area contributed by atoms with Gasteiger partial charge in [-0.05, 0) is 42.3 Å². The summed E-state index contributed by atoms with van der Waals surface area (Å²) < 4.78 is 0. The van der Waals surface area contributed by atoms with E-state index < -0.39 is 0 Å². The van der Waals surface area contributed by atoms with E-state index >= 15 is 0 Å². The number of carbonyl (C=O) groups excluding carboxylic acids is 1. The molecule has 1 aliphatic rings. The van der Waals surface area contributed by atoms with Gasteiger partial charge in [-0.3, -0.25) is 4.79 Å². The zero-order valence-electron chi connectivity index (χ0n) is 17.0. The third-order valence-electron chi connectivity index (χ3n) is 5.81. The second-order valence-electron chi connectivity index (χ2n) is 7.77. The molecular weight excluding hydrogens is 370 g/mol. The number of rotatable bonds is 6. The smallest absolute Gasteiger partial charge is 0.223 e. The van der Waals surface area contributed by atoms with Crippen molar-refractivity contribution in [1.82, 2.24) is 10.2 Å². The largest absolute Gasteiger partial charge is 0.369 e. The molecule has 0 bridgehead atoms. The molecule has 0 spiro atoms. The van der Waals surface area contributed by atoms with Crippen LogP contribution in [0.2, 0.25) is 5.02 Å². The maximum atomic E-state index is 12.8. The van der Waals surface area contributed by atoms with Gasteiger partial charge in [0.1, 0.15) is 0 Å². The van der Waals surface area contributed by atoms with Crippen LogP contribution in [-0.2, 0) is 11.3 Å². The van der Waals surface area contributed by atoms with E-state index in [1.165, 1.54) is 11.3 Å². The Kier molecular flexibility index (Phi) is 6.97. The van der Waals surface area contributed by atoms with Crippen LogP contribution in [0.3, 0.4) is 0 Å². The lowest BCUT2D eigenvalue weighted by molar-refractivity contribution is -0.125. The fraction of sp³-hybridized carbons (Fsp3) is 0.435. The molecule has 1 aliphatic heterocycles. The van der Waals surface area contributed by atoms with E-state index in [0.717, 1.165) is 31.7 Å². The lowest BCUT2D eigenvalue weighted by Crippen LogP contribution is -2.45. The van der Waals surface area contributed by atoms with E-state index in [9.17, 15) is 4.79 Å². The van der Waals surface area contributed by atoms with Gasteiger partial charge in [0.25, 0.3) is 0 Å². The molecular formula is C23H30ClN3O. The molecule has 0 radical (unpaired) electrons. The average molecular weight is 400 g/mol. The predicted octanol–water partition coefficient (Wildman–Crippen LogP) is 4.15. The van der Waals surface area contributed by atoms with Crippen molar-refractivity contribution in [2.45, 2.75) is 26.3 Å². The number of para-hydroxylation sites is 1. The summed E-state index contributed by atoms with van der Waals surface area (Å²) in [5.41, 5.74) is 3.57. The molecule has 1 heterocycles. The van der Waals surface area contributed by atoms with Crippen LogP contribution < -0.4 is 10.2 Å². The summed E-state index contributed by atoms with van der Waals surface area (Å²) in [5.74, 6) is 0.109. The van der Waals surface area contributed by atoms with E-state index in [4.69, 9.17) is 11.6 Å². The minimum Gasteiger partial charge on any atom is -0.369 e. The predicted molar refractivity (Wildman–Crippen MR) is 117 cm³/mol. The van der Waals surface area contributed by atoms with Crippen molar-refractivity contribution < 1.29 is 4.79 Å². The zero-order chi connectivity index (χ0) is 20.1. The molecule has 2 aromatic carbocycles. The van der Waals surface area contributed by atoms with Gasteiger partial charge in [0, 0.05) is 49.4 Å². The van der Waals surface area contributed by atoms with Gasteiger partial charge in [-0.2, -0.15) is 0 Å². The van der Waals surface area contributed by atoms with Gasteiger partial charge in [-0.1, -0.05) is 55.8 Å². The Morgan fingerprint density at radius 2 is 1.68 bits per heavy atom. The van der Waals surface area contributed by atoms with Gasteiger partial charge in [0.05, 0.1) is 0 Å². The Labute approximate surface area is 173 Å². The number of carbonyl (C=O) groups is 1. The lowest BCUT2D eigenvalue weighted by atomic mass is 9.86. The molecule has 0 aromatic heterocycles. The maximum absolute atomic E-state index is 12.8. The molecule has 5 heteroatoms. The Balaban J connectivity index is 1.66. The summed E-state index contributed by atoms with van der Waals surface area (Å²) in [5, 5.41) is 3.78. The highest BCUT2D eigenvalue weighted by molar-refractivity contribution is 6.30. The van der Waals surface area contributed by atoms with Gasteiger partial charge in [-0.25, -0.2) is 0 Å². The van der Waals surface area contributed by atoms with E-state index in [0.29, 0.717) is 11.6 Å². The second kappa shape index (κ2) is 9.44. The molecule has 150 valence electrons. The topological polar surface area (TPSA) is 35.6 Å². The van der Waals surface area contributed by atoms with Gasteiger partial charge in [-0.15, -0.1) is 0 Å². The molecule has 1 saturated heterocycles. The van der Waals surface area contributed by atoms with E-state index in [1.807, 2.05) is 31.2 Å². The molecule has 28 heavy (non-hydrogen) atoms. The van der Waals surface area contributed by atoms with E-state index in [-0.39, 0.29) is 17.7 Å². The van der Waals surface area contributed by atoms with Crippen LogP contribution in [0.4, 0.5) is 5.69 Å². The Morgan fingerprint density at radius 3 is 2.36 bits per heavy atom. The summed E-state index contributed by atoms with van der Waals surface area (Å²) >= 11 is 5.93. The number of likely N-dealkylation sites (N-methyl/N-ethyl adjacent to an activating group) is 1. The Morgan fingerprint density at radius 1 is 1.04 bits per heavy atom. The second-order valence-corrected chi connectivity index (χ2v) is 8.21. The molecule has 1 fully saturated rings. The number of piperazine rings is 1. The highest BCUT2D eigenvalue weighted by atomic mass is 35.5. The minimum absolute atomic E-state index is 0.0793. The van der Waals surface area contributed by atoms with Crippen LogP contribution in [0.1, 0.15) is 30.9 Å². The van der Waals surface area contributed by atoms with Crippen molar-refractivity contribution >= 4 is 23.2 Å². The number of amides is 1. The van der Waals surface area contributed by atoms with Crippen LogP contribution in [0.25, 0.3) is 0 Å². The zero-order valence-corrected chi connectivity index (χ0v) is 17.7. The maximum Gasteiger partial charge on any atom is 0.223 e. The average Bonchev–Trinajstić information content (AvgIpc) is 2.72. The highest BCUT2D eigenvalue weighted by Gasteiger charge is 2.25. The van der Waals surface area contributed by atoms with Crippen LogP contribution in [0.15, 0.2) is 48.5 Å². The third-order valence-corrected chi connectivity index (χ3v) is 6.07. The first-order valence-electron chi connectivity index (χ1n) is 10.0. The molecule has 1 amide bonds. The number of halogens is 1. The molecule has 0 aliphatic carbocycles. The molecule has 2 unspecified atom stereocenters. The number of hydrogen-bond donors (Lipinski definition) is 1. The Bertz CT molecular complexity index is 785. The highest BCUT2D eigenvalue weighted by Crippen LogP contribution is 2.33. The molecule has 4 nitrogen and oxygen atoms in total. The van der Waals surface area contributed by atoms with Crippen LogP contribution in [0.5, 0.6) is 0 Å². The van der Waals surface area contributed by atoms with Gasteiger partial charge in [0.15, 0.2) is 0 Å². The summed E-state index contributed by atoms with van der Waals surface area (Å²) in [6.07, 6.45) is 0. The van der Waals surface area contributed by atoms with Crippen molar-refractivity contribution in [3.05, 3.63) is 64.7 Å². The Hall–Kier alpha value is -2.04. The number of anilines is 1. The summed E-state index contributed by atoms with van der Waals surface area (Å²) in [7, 11) is 2.17. The molecule has 1 N–H and O–H groups in total. The summed E-state index contributed by atoms with van der Waals surface area (Å²) in [6, 6.07) is 16.1. The molecule has 2 atom stereocenters. The fourth-order valence-corrected chi connectivity index (χ4v) is 3.78. The van der Waals surface area contributed by atoms with E-state index in [1.54, 1.807) is 0 Å². The van der Waals surface area contributed by atoms with E-state index in [2.05, 4.69) is 53.4 Å². The normalized spacial score (nSPS) is 17.2. The van der Waals surface area contributed by atoms with Crippen molar-refractivity contribution in [2.75, 3.05) is 38.1 Å². The summed E-state index contributed by atoms with van der Waals surface area (Å²) in [4.78, 5) is 17.6. The summed E-state index contributed by atoms with van der Waals surface area (Å²) in [6.45, 7) is 8.88. The van der Waals surface area contributed by atoms with Gasteiger partial charge < -0.3 is 15.1 Å². The van der Waals surface area contributed by atoms with Crippen molar-refractivity contribution in [3.63, 3.8) is 0 Å².